The highest BCUT2D eigenvalue weighted by Crippen LogP contribution is 2.40. The number of hydrogen-bond acceptors (Lipinski definition) is 3. The molecule has 0 saturated carbocycles. The van der Waals surface area contributed by atoms with Crippen molar-refractivity contribution in [2.45, 2.75) is 31.6 Å². The first kappa shape index (κ1) is 18.1. The van der Waals surface area contributed by atoms with Crippen LogP contribution in [-0.2, 0) is 6.42 Å². The summed E-state index contributed by atoms with van der Waals surface area (Å²) in [7, 11) is 0. The van der Waals surface area contributed by atoms with Crippen LogP contribution in [0.25, 0.3) is 0 Å². The summed E-state index contributed by atoms with van der Waals surface area (Å²) in [4.78, 5) is 5.57. The number of benzene rings is 1. The summed E-state index contributed by atoms with van der Waals surface area (Å²) >= 11 is 3.27. The molecule has 1 aliphatic heterocycles. The highest BCUT2D eigenvalue weighted by atomic mass is 79.9. The second-order valence-electron chi connectivity index (χ2n) is 6.18. The van der Waals surface area contributed by atoms with Crippen LogP contribution in [0.4, 0.5) is 23.2 Å². The second-order valence-corrected chi connectivity index (χ2v) is 7.10. The van der Waals surface area contributed by atoms with E-state index in [2.05, 4.69) is 20.9 Å². The van der Waals surface area contributed by atoms with E-state index < -0.39 is 30.6 Å². The van der Waals surface area contributed by atoms with Crippen molar-refractivity contribution in [1.29, 1.82) is 0 Å². The average molecular weight is 418 g/mol. The van der Waals surface area contributed by atoms with Gasteiger partial charge in [-0.2, -0.15) is 13.2 Å². The molecule has 8 heteroatoms. The molecule has 0 spiro atoms. The molecule has 0 bridgehead atoms. The first-order valence-electron chi connectivity index (χ1n) is 7.68. The second kappa shape index (κ2) is 6.57. The topological polar surface area (TPSA) is 42.1 Å². The van der Waals surface area contributed by atoms with Crippen LogP contribution in [0.15, 0.2) is 34.9 Å². The number of fused-ring (bicyclic) bond motifs is 1. The summed E-state index contributed by atoms with van der Waals surface area (Å²) in [6.45, 7) is 0.561. The van der Waals surface area contributed by atoms with E-state index in [0.29, 0.717) is 21.3 Å². The molecule has 1 aliphatic rings. The maximum atomic E-state index is 14.5. The number of nitrogen functional groups attached to an aromatic ring is 1. The molecule has 1 aromatic heterocycles. The van der Waals surface area contributed by atoms with Gasteiger partial charge in [-0.05, 0) is 58.6 Å². The third kappa shape index (κ3) is 3.64. The van der Waals surface area contributed by atoms with Gasteiger partial charge in [0, 0.05) is 16.7 Å². The minimum atomic E-state index is -4.37. The quantitative estimate of drug-likeness (QED) is 0.579. The summed E-state index contributed by atoms with van der Waals surface area (Å²) in [5.41, 5.74) is 6.91. The number of rotatable bonds is 2. The zero-order chi connectivity index (χ0) is 18.4. The highest BCUT2D eigenvalue weighted by Gasteiger charge is 2.41. The molecule has 0 radical (unpaired) electrons. The van der Waals surface area contributed by atoms with Crippen molar-refractivity contribution in [1.82, 2.24) is 9.88 Å². The largest absolute Gasteiger partial charge is 0.401 e. The molecule has 0 amide bonds. The molecule has 0 aliphatic carbocycles. The van der Waals surface area contributed by atoms with E-state index in [0.717, 1.165) is 0 Å². The van der Waals surface area contributed by atoms with Crippen LogP contribution in [0.1, 0.15) is 29.8 Å². The van der Waals surface area contributed by atoms with Crippen molar-refractivity contribution < 1.29 is 17.6 Å². The third-order valence-electron chi connectivity index (χ3n) is 4.39. The first-order chi connectivity index (χ1) is 11.7. The monoisotopic (exact) mass is 417 g/mol. The zero-order valence-electron chi connectivity index (χ0n) is 13.3. The lowest BCUT2D eigenvalue weighted by atomic mass is 9.86. The van der Waals surface area contributed by atoms with Gasteiger partial charge in [0.15, 0.2) is 0 Å². The number of anilines is 1. The summed E-state index contributed by atoms with van der Waals surface area (Å²) in [6, 6.07) is 5.04. The predicted octanol–water partition coefficient (Wildman–Crippen LogP) is 4.46. The van der Waals surface area contributed by atoms with E-state index in [1.807, 2.05) is 0 Å². The Hall–Kier alpha value is -1.67. The van der Waals surface area contributed by atoms with Crippen molar-refractivity contribution in [3.8, 4) is 0 Å². The van der Waals surface area contributed by atoms with E-state index in [1.165, 1.54) is 17.2 Å². The van der Waals surface area contributed by atoms with Gasteiger partial charge in [0.05, 0.1) is 24.0 Å². The van der Waals surface area contributed by atoms with Gasteiger partial charge >= 0.3 is 6.18 Å². The van der Waals surface area contributed by atoms with Gasteiger partial charge in [-0.15, -0.1) is 0 Å². The average Bonchev–Trinajstić information content (AvgIpc) is 2.52. The lowest BCUT2D eigenvalue weighted by molar-refractivity contribution is -0.155. The number of nitrogens with two attached hydrogens (primary N) is 1. The molecule has 1 aromatic carbocycles. The minimum absolute atomic E-state index is 0.00210. The van der Waals surface area contributed by atoms with Crippen LogP contribution in [0.2, 0.25) is 0 Å². The maximum Gasteiger partial charge on any atom is 0.401 e. The Balaban J connectivity index is 2.16. The number of hydrogen-bond donors (Lipinski definition) is 1. The van der Waals surface area contributed by atoms with Gasteiger partial charge in [-0.3, -0.25) is 9.88 Å². The molecular weight excluding hydrogens is 402 g/mol. The number of nitrogens with zero attached hydrogens (tertiary/aromatic N) is 2. The molecule has 134 valence electrons. The van der Waals surface area contributed by atoms with E-state index in [-0.39, 0.29) is 12.1 Å². The fourth-order valence-corrected chi connectivity index (χ4v) is 3.53. The molecule has 3 nitrogen and oxygen atoms in total. The molecular formula is C17H16BrF4N3. The molecule has 0 fully saturated rings. The molecule has 0 unspecified atom stereocenters. The van der Waals surface area contributed by atoms with Gasteiger partial charge in [-0.1, -0.05) is 6.07 Å². The Morgan fingerprint density at radius 3 is 2.60 bits per heavy atom. The molecule has 2 aromatic rings. The number of aromatic nitrogens is 1. The van der Waals surface area contributed by atoms with Crippen molar-refractivity contribution in [3.63, 3.8) is 0 Å². The van der Waals surface area contributed by atoms with Crippen LogP contribution < -0.4 is 5.73 Å². The normalized spacial score (nSPS) is 21.2. The Morgan fingerprint density at radius 2 is 2.00 bits per heavy atom. The van der Waals surface area contributed by atoms with Gasteiger partial charge < -0.3 is 5.73 Å². The summed E-state index contributed by atoms with van der Waals surface area (Å²) in [6.07, 6.45) is -2.69. The fraction of sp³-hybridized carbons (Fsp3) is 0.353. The minimum Gasteiger partial charge on any atom is -0.396 e. The molecule has 2 N–H and O–H groups in total. The number of alkyl halides is 3. The number of halogens is 5. The van der Waals surface area contributed by atoms with Crippen molar-refractivity contribution in [2.24, 2.45) is 0 Å². The van der Waals surface area contributed by atoms with Crippen LogP contribution in [0.5, 0.6) is 0 Å². The van der Waals surface area contributed by atoms with Crippen molar-refractivity contribution >= 4 is 21.6 Å². The van der Waals surface area contributed by atoms with E-state index in [1.54, 1.807) is 25.1 Å². The Labute approximate surface area is 151 Å². The predicted molar refractivity (Wildman–Crippen MR) is 90.5 cm³/mol. The molecule has 2 heterocycles. The van der Waals surface area contributed by atoms with Gasteiger partial charge in [-0.25, -0.2) is 4.39 Å². The fourth-order valence-electron chi connectivity index (χ4n) is 3.30. The Morgan fingerprint density at radius 1 is 1.28 bits per heavy atom. The smallest absolute Gasteiger partial charge is 0.396 e. The van der Waals surface area contributed by atoms with Crippen LogP contribution >= 0.6 is 15.9 Å². The maximum absolute atomic E-state index is 14.5. The zero-order valence-corrected chi connectivity index (χ0v) is 14.9. The van der Waals surface area contributed by atoms with Gasteiger partial charge in [0.25, 0.3) is 0 Å². The summed E-state index contributed by atoms with van der Waals surface area (Å²) in [5, 5.41) is 0. The lowest BCUT2D eigenvalue weighted by Gasteiger charge is -2.42. The molecule has 0 saturated heterocycles. The Bertz CT molecular complexity index is 777. The highest BCUT2D eigenvalue weighted by molar-refractivity contribution is 9.10. The molecule has 3 rings (SSSR count). The van der Waals surface area contributed by atoms with Crippen LogP contribution in [-0.4, -0.2) is 28.6 Å². The van der Waals surface area contributed by atoms with Gasteiger partial charge in [0.1, 0.15) is 5.82 Å². The third-order valence-corrected chi connectivity index (χ3v) is 4.86. The number of pyridine rings is 1. The van der Waals surface area contributed by atoms with Crippen LogP contribution in [0.3, 0.4) is 0 Å². The SMILES string of the molecule is C[C@@H]1Cc2c(ccc(N)c2F)[C@@H](c2ccc(Br)cn2)N1CC(F)(F)F. The lowest BCUT2D eigenvalue weighted by Crippen LogP contribution is -2.47. The molecule has 2 atom stereocenters. The van der Waals surface area contributed by atoms with Crippen molar-refractivity contribution in [2.75, 3.05) is 12.3 Å². The summed E-state index contributed by atoms with van der Waals surface area (Å²) in [5.74, 6) is -0.557. The molecule has 25 heavy (non-hydrogen) atoms. The van der Waals surface area contributed by atoms with Crippen LogP contribution in [0, 0.1) is 5.82 Å². The standard InChI is InChI=1S/C17H16BrF4N3/c1-9-6-12-11(3-4-13(23)15(12)19)16(25(9)8-17(20,21)22)14-5-2-10(18)7-24-14/h2-5,7,9,16H,6,8,23H2,1H3/t9-,16+/m1/s1. The van der Waals surface area contributed by atoms with Crippen molar-refractivity contribution in [3.05, 3.63) is 57.6 Å². The first-order valence-corrected chi connectivity index (χ1v) is 8.47. The van der Waals surface area contributed by atoms with E-state index in [4.69, 9.17) is 5.73 Å². The summed E-state index contributed by atoms with van der Waals surface area (Å²) < 4.78 is 54.6. The van der Waals surface area contributed by atoms with E-state index in [9.17, 15) is 17.6 Å². The Kier molecular flexibility index (Phi) is 4.76. The van der Waals surface area contributed by atoms with E-state index >= 15 is 0 Å². The van der Waals surface area contributed by atoms with Gasteiger partial charge in [0.2, 0.25) is 0 Å².